The van der Waals surface area contributed by atoms with Crippen LogP contribution < -0.4 is 15.4 Å². The molecule has 1 aromatic heterocycles. The van der Waals surface area contributed by atoms with Crippen LogP contribution in [-0.4, -0.2) is 23.5 Å². The molecule has 0 bridgehead atoms. The molecule has 29 heavy (non-hydrogen) atoms. The molecule has 2 aromatic carbocycles. The summed E-state index contributed by atoms with van der Waals surface area (Å²) in [4.78, 5) is 16.8. The van der Waals surface area contributed by atoms with Crippen molar-refractivity contribution in [3.8, 4) is 5.75 Å². The van der Waals surface area contributed by atoms with Crippen LogP contribution >= 0.6 is 0 Å². The smallest absolute Gasteiger partial charge is 0.274 e. The van der Waals surface area contributed by atoms with E-state index < -0.39 is 0 Å². The molecular weight excluding hydrogens is 369 g/mol. The van der Waals surface area contributed by atoms with E-state index in [1.807, 2.05) is 38.1 Å². The van der Waals surface area contributed by atoms with Crippen LogP contribution in [0.2, 0.25) is 0 Å². The standard InChI is InChI=1S/C23H24FN3O2/c1-16(2)29-22-10-6-5-9-20(22)27-23(28)21-15-18(12-14-26-21)25-13-11-17-7-3-4-8-19(17)24/h3-10,12,14-16H,11,13H2,1-2H3,(H,25,26)(H,27,28). The highest BCUT2D eigenvalue weighted by molar-refractivity contribution is 6.04. The fourth-order valence-electron chi connectivity index (χ4n) is 2.82. The van der Waals surface area contributed by atoms with Gasteiger partial charge in [0.25, 0.3) is 5.91 Å². The zero-order valence-corrected chi connectivity index (χ0v) is 16.5. The molecule has 0 spiro atoms. The molecule has 1 heterocycles. The number of amides is 1. The Labute approximate surface area is 169 Å². The fraction of sp³-hybridized carbons (Fsp3) is 0.217. The zero-order valence-electron chi connectivity index (χ0n) is 16.5. The van der Waals surface area contributed by atoms with Gasteiger partial charge in [0.05, 0.1) is 11.8 Å². The fourth-order valence-corrected chi connectivity index (χ4v) is 2.82. The number of rotatable bonds is 8. The molecule has 0 unspecified atom stereocenters. The zero-order chi connectivity index (χ0) is 20.6. The van der Waals surface area contributed by atoms with E-state index in [1.165, 1.54) is 6.07 Å². The van der Waals surface area contributed by atoms with Crippen molar-refractivity contribution >= 4 is 17.3 Å². The molecule has 0 saturated carbocycles. The largest absolute Gasteiger partial charge is 0.489 e. The average Bonchev–Trinajstić information content (AvgIpc) is 2.71. The maximum Gasteiger partial charge on any atom is 0.274 e. The Bertz CT molecular complexity index is 976. The first-order valence-electron chi connectivity index (χ1n) is 9.53. The number of nitrogens with one attached hydrogen (secondary N) is 2. The lowest BCUT2D eigenvalue weighted by Gasteiger charge is -2.15. The van der Waals surface area contributed by atoms with Crippen molar-refractivity contribution < 1.29 is 13.9 Å². The maximum absolute atomic E-state index is 13.7. The number of carbonyl (C=O) groups is 1. The molecule has 0 saturated heterocycles. The van der Waals surface area contributed by atoms with Gasteiger partial charge in [-0.3, -0.25) is 9.78 Å². The van der Waals surface area contributed by atoms with Crippen LogP contribution in [0.25, 0.3) is 0 Å². The summed E-state index contributed by atoms with van der Waals surface area (Å²) in [5.74, 6) is 0.0592. The number of pyridine rings is 1. The summed E-state index contributed by atoms with van der Waals surface area (Å²) in [5, 5.41) is 6.05. The number of anilines is 2. The molecule has 0 aliphatic heterocycles. The predicted molar refractivity (Wildman–Crippen MR) is 113 cm³/mol. The van der Waals surface area contributed by atoms with Crippen LogP contribution in [0.5, 0.6) is 5.75 Å². The summed E-state index contributed by atoms with van der Waals surface area (Å²) in [6, 6.07) is 17.4. The highest BCUT2D eigenvalue weighted by Gasteiger charge is 2.12. The van der Waals surface area contributed by atoms with E-state index in [4.69, 9.17) is 4.74 Å². The molecule has 5 nitrogen and oxygen atoms in total. The Morgan fingerprint density at radius 3 is 2.66 bits per heavy atom. The molecule has 0 radical (unpaired) electrons. The van der Waals surface area contributed by atoms with Crippen LogP contribution in [0, 0.1) is 5.82 Å². The van der Waals surface area contributed by atoms with Gasteiger partial charge in [0.15, 0.2) is 0 Å². The lowest BCUT2D eigenvalue weighted by molar-refractivity contribution is 0.102. The lowest BCUT2D eigenvalue weighted by atomic mass is 10.1. The Balaban J connectivity index is 1.63. The summed E-state index contributed by atoms with van der Waals surface area (Å²) < 4.78 is 19.4. The van der Waals surface area contributed by atoms with Crippen LogP contribution in [-0.2, 0) is 6.42 Å². The molecule has 3 rings (SSSR count). The van der Waals surface area contributed by atoms with Gasteiger partial charge in [-0.1, -0.05) is 30.3 Å². The highest BCUT2D eigenvalue weighted by atomic mass is 19.1. The van der Waals surface area contributed by atoms with Gasteiger partial charge < -0.3 is 15.4 Å². The molecule has 0 fully saturated rings. The van der Waals surface area contributed by atoms with Crippen LogP contribution in [0.4, 0.5) is 15.8 Å². The van der Waals surface area contributed by atoms with E-state index in [-0.39, 0.29) is 23.5 Å². The number of carbonyl (C=O) groups excluding carboxylic acids is 1. The van der Waals surface area contributed by atoms with E-state index in [0.717, 1.165) is 5.69 Å². The van der Waals surface area contributed by atoms with Crippen molar-refractivity contribution in [1.29, 1.82) is 0 Å². The van der Waals surface area contributed by atoms with Crippen molar-refractivity contribution in [2.45, 2.75) is 26.4 Å². The first-order chi connectivity index (χ1) is 14.0. The average molecular weight is 393 g/mol. The second-order valence-electron chi connectivity index (χ2n) is 6.81. The summed E-state index contributed by atoms with van der Waals surface area (Å²) in [6.07, 6.45) is 2.10. The Kier molecular flexibility index (Phi) is 6.79. The number of benzene rings is 2. The van der Waals surface area contributed by atoms with E-state index >= 15 is 0 Å². The predicted octanol–water partition coefficient (Wildman–Crippen LogP) is 4.91. The molecule has 2 N–H and O–H groups in total. The molecule has 0 aliphatic rings. The quantitative estimate of drug-likeness (QED) is 0.570. The molecule has 150 valence electrons. The van der Waals surface area contributed by atoms with Gasteiger partial charge in [-0.05, 0) is 56.2 Å². The monoisotopic (exact) mass is 393 g/mol. The van der Waals surface area contributed by atoms with Gasteiger partial charge in [0, 0.05) is 18.4 Å². The van der Waals surface area contributed by atoms with E-state index in [2.05, 4.69) is 15.6 Å². The van der Waals surface area contributed by atoms with E-state index in [9.17, 15) is 9.18 Å². The third kappa shape index (κ3) is 5.78. The summed E-state index contributed by atoms with van der Waals surface area (Å²) in [7, 11) is 0. The summed E-state index contributed by atoms with van der Waals surface area (Å²) in [6.45, 7) is 4.39. The molecule has 1 amide bonds. The van der Waals surface area contributed by atoms with Gasteiger partial charge in [0.1, 0.15) is 17.3 Å². The van der Waals surface area contributed by atoms with Crippen LogP contribution in [0.15, 0.2) is 66.9 Å². The van der Waals surface area contributed by atoms with Crippen molar-refractivity contribution in [2.24, 2.45) is 0 Å². The molecular formula is C23H24FN3O2. The maximum atomic E-state index is 13.7. The molecule has 3 aromatic rings. The van der Waals surface area contributed by atoms with E-state index in [0.29, 0.717) is 30.0 Å². The highest BCUT2D eigenvalue weighted by Crippen LogP contribution is 2.25. The number of hydrogen-bond donors (Lipinski definition) is 2. The van der Waals surface area contributed by atoms with Crippen molar-refractivity contribution in [3.05, 3.63) is 83.9 Å². The Hall–Kier alpha value is -3.41. The number of nitrogens with zero attached hydrogens (tertiary/aromatic N) is 1. The van der Waals surface area contributed by atoms with Crippen LogP contribution in [0.1, 0.15) is 29.9 Å². The SMILES string of the molecule is CC(C)Oc1ccccc1NC(=O)c1cc(NCCc2ccccc2F)ccn1. The van der Waals surface area contributed by atoms with Crippen LogP contribution in [0.3, 0.4) is 0 Å². The Morgan fingerprint density at radius 1 is 1.10 bits per heavy atom. The Morgan fingerprint density at radius 2 is 1.86 bits per heavy atom. The number of para-hydroxylation sites is 2. The minimum Gasteiger partial charge on any atom is -0.489 e. The summed E-state index contributed by atoms with van der Waals surface area (Å²) >= 11 is 0. The van der Waals surface area contributed by atoms with Crippen molar-refractivity contribution in [3.63, 3.8) is 0 Å². The topological polar surface area (TPSA) is 63.2 Å². The minimum atomic E-state index is -0.331. The molecule has 6 heteroatoms. The van der Waals surface area contributed by atoms with Crippen molar-refractivity contribution in [1.82, 2.24) is 4.98 Å². The molecule has 0 atom stereocenters. The second-order valence-corrected chi connectivity index (χ2v) is 6.81. The number of ether oxygens (including phenoxy) is 1. The number of halogens is 1. The van der Waals surface area contributed by atoms with Gasteiger partial charge in [-0.25, -0.2) is 4.39 Å². The number of aromatic nitrogens is 1. The van der Waals surface area contributed by atoms with Gasteiger partial charge >= 0.3 is 0 Å². The third-order valence-electron chi connectivity index (χ3n) is 4.17. The lowest BCUT2D eigenvalue weighted by Crippen LogP contribution is -2.16. The van der Waals surface area contributed by atoms with Gasteiger partial charge in [-0.2, -0.15) is 0 Å². The second kappa shape index (κ2) is 9.68. The first kappa shape index (κ1) is 20.3. The summed E-state index contributed by atoms with van der Waals surface area (Å²) in [5.41, 5.74) is 2.26. The van der Waals surface area contributed by atoms with Crippen molar-refractivity contribution in [2.75, 3.05) is 17.2 Å². The minimum absolute atomic E-state index is 0.00634. The van der Waals surface area contributed by atoms with E-state index in [1.54, 1.807) is 36.5 Å². The number of hydrogen-bond acceptors (Lipinski definition) is 4. The normalized spacial score (nSPS) is 10.6. The van der Waals surface area contributed by atoms with Gasteiger partial charge in [0.2, 0.25) is 0 Å². The molecule has 0 aliphatic carbocycles. The first-order valence-corrected chi connectivity index (χ1v) is 9.53. The van der Waals surface area contributed by atoms with Gasteiger partial charge in [-0.15, -0.1) is 0 Å². The third-order valence-corrected chi connectivity index (χ3v) is 4.17.